The highest BCUT2D eigenvalue weighted by molar-refractivity contribution is 4.92. The van der Waals surface area contributed by atoms with Crippen LogP contribution in [0.3, 0.4) is 0 Å². The van der Waals surface area contributed by atoms with Crippen molar-refractivity contribution in [2.75, 3.05) is 0 Å². The van der Waals surface area contributed by atoms with Crippen LogP contribution in [0, 0.1) is 54.1 Å². The van der Waals surface area contributed by atoms with Crippen molar-refractivity contribution >= 4 is 0 Å². The van der Waals surface area contributed by atoms with E-state index in [-0.39, 0.29) is 22.3 Å². The van der Waals surface area contributed by atoms with Crippen LogP contribution < -0.4 is 0 Å². The first kappa shape index (κ1) is 54.5. The Hall–Kier alpha value is 0. The Bertz CT molecular complexity index is 618. The molecule has 0 saturated heterocycles. The zero-order valence-corrected chi connectivity index (χ0v) is 33.1. The van der Waals surface area contributed by atoms with Gasteiger partial charge in [-0.05, 0) is 73.4 Å². The first-order valence-corrected chi connectivity index (χ1v) is 16.1. The predicted molar refractivity (Wildman–Crippen MR) is 206 cm³/mol. The van der Waals surface area contributed by atoms with Gasteiger partial charge in [-0.1, -0.05) is 202 Å². The maximum Gasteiger partial charge on any atom is -0.0300 e. The summed E-state index contributed by atoms with van der Waals surface area (Å²) in [4.78, 5) is 0. The summed E-state index contributed by atoms with van der Waals surface area (Å²) >= 11 is 0. The number of hydrogen-bond donors (Lipinski definition) is 0. The van der Waals surface area contributed by atoms with Crippen LogP contribution >= 0.6 is 0 Å². The van der Waals surface area contributed by atoms with Gasteiger partial charge in [-0.2, -0.15) is 0 Å². The summed E-state index contributed by atoms with van der Waals surface area (Å²) in [6.07, 6.45) is 3.83. The predicted octanol–water partition coefficient (Wildman–Crippen LogP) is 16.4. The second-order valence-corrected chi connectivity index (χ2v) is 22.2. The summed E-state index contributed by atoms with van der Waals surface area (Å²) in [5.74, 6) is 0. The standard InChI is InChI=1S/C15H32.2C12H26.3CH4/c1-12(2,3)14(7,8)11-15(9,10)13(4,5)6;2*1-10(2,3)9-12(7,8)11(4,5)6;;;/h11H2,1-10H3;2*9H2,1-8H3;3*1H4. The number of hydrogen-bond acceptors (Lipinski definition) is 0. The highest BCUT2D eigenvalue weighted by atomic mass is 14.5. The van der Waals surface area contributed by atoms with E-state index in [2.05, 4.69) is 180 Å². The molecular weight excluding hydrogens is 504 g/mol. The zero-order chi connectivity index (χ0) is 33.1. The van der Waals surface area contributed by atoms with Crippen LogP contribution in [0.1, 0.15) is 222 Å². The van der Waals surface area contributed by atoms with Gasteiger partial charge >= 0.3 is 0 Å². The fourth-order valence-corrected chi connectivity index (χ4v) is 4.82. The van der Waals surface area contributed by atoms with Crippen molar-refractivity contribution in [1.29, 1.82) is 0 Å². The maximum atomic E-state index is 2.40. The van der Waals surface area contributed by atoms with Crippen molar-refractivity contribution in [3.8, 4) is 0 Å². The van der Waals surface area contributed by atoms with E-state index in [1.54, 1.807) is 0 Å². The van der Waals surface area contributed by atoms with Gasteiger partial charge in [0, 0.05) is 0 Å². The fraction of sp³-hybridized carbons (Fsp3) is 1.00. The third-order valence-electron chi connectivity index (χ3n) is 10.9. The van der Waals surface area contributed by atoms with Gasteiger partial charge in [0.25, 0.3) is 0 Å². The zero-order valence-electron chi connectivity index (χ0n) is 33.1. The van der Waals surface area contributed by atoms with Crippen molar-refractivity contribution < 1.29 is 0 Å². The molecule has 0 aliphatic carbocycles. The molecule has 0 aromatic carbocycles. The lowest BCUT2D eigenvalue weighted by atomic mass is 9.56. The second kappa shape index (κ2) is 16.5. The minimum atomic E-state index is 0. The van der Waals surface area contributed by atoms with E-state index < -0.39 is 0 Å². The Morgan fingerprint density at radius 3 is 0.405 bits per heavy atom. The van der Waals surface area contributed by atoms with Gasteiger partial charge in [-0.3, -0.25) is 0 Å². The molecule has 0 aromatic rings. The van der Waals surface area contributed by atoms with Crippen molar-refractivity contribution in [3.63, 3.8) is 0 Å². The molecule has 0 aliphatic rings. The van der Waals surface area contributed by atoms with E-state index >= 15 is 0 Å². The minimum Gasteiger partial charge on any atom is -0.0776 e. The normalized spacial score (nSPS) is 14.1. The van der Waals surface area contributed by atoms with Crippen molar-refractivity contribution in [2.24, 2.45) is 54.1 Å². The lowest BCUT2D eigenvalue weighted by Gasteiger charge is -2.49. The van der Waals surface area contributed by atoms with Crippen LogP contribution in [0.2, 0.25) is 0 Å². The van der Waals surface area contributed by atoms with Crippen LogP contribution in [-0.2, 0) is 0 Å². The van der Waals surface area contributed by atoms with E-state index in [0.29, 0.717) is 54.1 Å². The third kappa shape index (κ3) is 20.9. The van der Waals surface area contributed by atoms with E-state index in [9.17, 15) is 0 Å². The molecule has 0 fully saturated rings. The van der Waals surface area contributed by atoms with Gasteiger partial charge in [0.2, 0.25) is 0 Å². The molecule has 264 valence electrons. The van der Waals surface area contributed by atoms with Crippen molar-refractivity contribution in [3.05, 3.63) is 0 Å². The summed E-state index contributed by atoms with van der Waals surface area (Å²) < 4.78 is 0. The topological polar surface area (TPSA) is 0 Å². The molecule has 0 heteroatoms. The molecule has 0 amide bonds. The smallest absolute Gasteiger partial charge is 0.0300 e. The Morgan fingerprint density at radius 1 is 0.214 bits per heavy atom. The summed E-state index contributed by atoms with van der Waals surface area (Å²) in [6.45, 7) is 61.1. The van der Waals surface area contributed by atoms with Gasteiger partial charge in [0.15, 0.2) is 0 Å². The summed E-state index contributed by atoms with van der Waals surface area (Å²) in [5.41, 5.74) is 4.03. The molecule has 0 spiro atoms. The molecule has 0 aromatic heterocycles. The first-order chi connectivity index (χ1) is 16.1. The molecule has 0 aliphatic heterocycles. The Labute approximate surface area is 275 Å². The molecule has 0 rings (SSSR count). The van der Waals surface area contributed by atoms with E-state index in [1.807, 2.05) is 0 Å². The van der Waals surface area contributed by atoms with E-state index in [4.69, 9.17) is 0 Å². The molecular formula is C42H96. The van der Waals surface area contributed by atoms with Crippen molar-refractivity contribution in [1.82, 2.24) is 0 Å². The SMILES string of the molecule is C.C.C.CC(C)(C)C(C)(C)CC(C)(C)C(C)(C)C.CC(C)(C)CC(C)(C)C(C)(C)C.CC(C)(C)CC(C)(C)C(C)(C)C. The second-order valence-electron chi connectivity index (χ2n) is 22.2. The number of rotatable bonds is 4. The molecule has 0 heterocycles. The third-order valence-corrected chi connectivity index (χ3v) is 10.9. The first-order valence-electron chi connectivity index (χ1n) is 16.1. The Balaban J connectivity index is -0.000000113. The Morgan fingerprint density at radius 2 is 0.333 bits per heavy atom. The molecule has 0 N–H and O–H groups in total. The molecule has 0 bridgehead atoms. The lowest BCUT2D eigenvalue weighted by molar-refractivity contribution is 0.0109. The summed E-state index contributed by atoms with van der Waals surface area (Å²) in [7, 11) is 0. The van der Waals surface area contributed by atoms with Gasteiger partial charge in [-0.15, -0.1) is 0 Å². The van der Waals surface area contributed by atoms with Crippen LogP contribution in [0.15, 0.2) is 0 Å². The van der Waals surface area contributed by atoms with Crippen molar-refractivity contribution in [2.45, 2.75) is 222 Å². The summed E-state index contributed by atoms with van der Waals surface area (Å²) in [6, 6.07) is 0. The molecule has 0 atom stereocenters. The molecule has 0 nitrogen and oxygen atoms in total. The van der Waals surface area contributed by atoms with Crippen LogP contribution in [0.25, 0.3) is 0 Å². The maximum absolute atomic E-state index is 2.40. The lowest BCUT2D eigenvalue weighted by Crippen LogP contribution is -2.40. The largest absolute Gasteiger partial charge is 0.0776 e. The van der Waals surface area contributed by atoms with Crippen LogP contribution in [-0.4, -0.2) is 0 Å². The molecule has 0 radical (unpaired) electrons. The summed E-state index contributed by atoms with van der Waals surface area (Å²) in [5, 5.41) is 0. The highest BCUT2D eigenvalue weighted by Crippen LogP contribution is 2.52. The Kier molecular flexibility index (Phi) is 21.4. The quantitative estimate of drug-likeness (QED) is 0.301. The van der Waals surface area contributed by atoms with Crippen LogP contribution in [0.4, 0.5) is 0 Å². The molecule has 42 heavy (non-hydrogen) atoms. The average Bonchev–Trinajstić information content (AvgIpc) is 2.45. The fourth-order valence-electron chi connectivity index (χ4n) is 4.82. The average molecular weight is 601 g/mol. The molecule has 0 saturated carbocycles. The van der Waals surface area contributed by atoms with Gasteiger partial charge in [0.05, 0.1) is 0 Å². The van der Waals surface area contributed by atoms with E-state index in [1.165, 1.54) is 19.3 Å². The van der Waals surface area contributed by atoms with Crippen LogP contribution in [0.5, 0.6) is 0 Å². The van der Waals surface area contributed by atoms with Gasteiger partial charge in [0.1, 0.15) is 0 Å². The highest BCUT2D eigenvalue weighted by Gasteiger charge is 2.42. The van der Waals surface area contributed by atoms with Gasteiger partial charge < -0.3 is 0 Å². The molecule has 0 unspecified atom stereocenters. The van der Waals surface area contributed by atoms with Gasteiger partial charge in [-0.25, -0.2) is 0 Å². The minimum absolute atomic E-state index is 0. The monoisotopic (exact) mass is 601 g/mol. The van der Waals surface area contributed by atoms with E-state index in [0.717, 1.165) is 0 Å².